The van der Waals surface area contributed by atoms with Crippen LogP contribution in [-0.2, 0) is 11.3 Å². The highest BCUT2D eigenvalue weighted by atomic mass is 19.1. The van der Waals surface area contributed by atoms with E-state index in [-0.39, 0.29) is 17.4 Å². The Balaban J connectivity index is 2.15. The molecule has 0 radical (unpaired) electrons. The molecule has 20 heavy (non-hydrogen) atoms. The first kappa shape index (κ1) is 14.6. The Morgan fingerprint density at radius 3 is 2.90 bits per heavy atom. The molecule has 0 saturated carbocycles. The van der Waals surface area contributed by atoms with Crippen LogP contribution in [0.4, 0.5) is 10.1 Å². The molecule has 0 bridgehead atoms. The number of Topliss-reactive ketones (excluding diaryl/α,β-unsaturated/α-hetero) is 1. The lowest BCUT2D eigenvalue weighted by molar-refractivity contribution is -0.385. The van der Waals surface area contributed by atoms with Crippen LogP contribution in [0.2, 0.25) is 0 Å². The van der Waals surface area contributed by atoms with Gasteiger partial charge in [0.1, 0.15) is 11.6 Å². The van der Waals surface area contributed by atoms with Crippen LogP contribution in [0, 0.1) is 21.8 Å². The molecule has 0 aliphatic carbocycles. The third kappa shape index (κ3) is 3.19. The number of benzene rings is 1. The topological polar surface area (TPSA) is 63.4 Å². The van der Waals surface area contributed by atoms with Gasteiger partial charge in [-0.1, -0.05) is 6.92 Å². The summed E-state index contributed by atoms with van der Waals surface area (Å²) in [6, 6.07) is 3.49. The highest BCUT2D eigenvalue weighted by molar-refractivity contribution is 5.82. The van der Waals surface area contributed by atoms with Gasteiger partial charge in [-0.2, -0.15) is 0 Å². The number of halogens is 1. The van der Waals surface area contributed by atoms with E-state index >= 15 is 0 Å². The van der Waals surface area contributed by atoms with E-state index < -0.39 is 10.7 Å². The van der Waals surface area contributed by atoms with Crippen LogP contribution in [0.15, 0.2) is 18.2 Å². The van der Waals surface area contributed by atoms with Crippen molar-refractivity contribution in [1.29, 1.82) is 0 Å². The maximum absolute atomic E-state index is 13.3. The average molecular weight is 280 g/mol. The minimum absolute atomic E-state index is 0.0173. The quantitative estimate of drug-likeness (QED) is 0.628. The maximum Gasteiger partial charge on any atom is 0.274 e. The first-order chi connectivity index (χ1) is 9.51. The van der Waals surface area contributed by atoms with Crippen LogP contribution in [0.25, 0.3) is 0 Å². The SMILES string of the molecule is CCC1CN(Cc2cc(F)ccc2[N+](=O)[O-])CCC1=O. The fourth-order valence-corrected chi connectivity index (χ4v) is 2.58. The number of hydrogen-bond acceptors (Lipinski definition) is 4. The van der Waals surface area contributed by atoms with Crippen molar-refractivity contribution in [3.63, 3.8) is 0 Å². The first-order valence-corrected chi connectivity index (χ1v) is 6.69. The molecule has 0 N–H and O–H groups in total. The number of ketones is 1. The minimum atomic E-state index is -0.499. The molecule has 0 spiro atoms. The molecule has 1 unspecified atom stereocenters. The van der Waals surface area contributed by atoms with Crippen molar-refractivity contribution in [2.75, 3.05) is 13.1 Å². The summed E-state index contributed by atoms with van der Waals surface area (Å²) in [4.78, 5) is 24.1. The van der Waals surface area contributed by atoms with Crippen molar-refractivity contribution in [2.24, 2.45) is 5.92 Å². The van der Waals surface area contributed by atoms with Crippen molar-refractivity contribution in [3.8, 4) is 0 Å². The number of likely N-dealkylation sites (tertiary alicyclic amines) is 1. The van der Waals surface area contributed by atoms with Crippen LogP contribution < -0.4 is 0 Å². The third-order valence-electron chi connectivity index (χ3n) is 3.73. The Kier molecular flexibility index (Phi) is 4.44. The van der Waals surface area contributed by atoms with Crippen molar-refractivity contribution >= 4 is 11.5 Å². The Hall–Kier alpha value is -1.82. The lowest BCUT2D eigenvalue weighted by Crippen LogP contribution is -2.40. The van der Waals surface area contributed by atoms with Crippen molar-refractivity contribution in [3.05, 3.63) is 39.7 Å². The average Bonchev–Trinajstić information content (AvgIpc) is 2.40. The highest BCUT2D eigenvalue weighted by Crippen LogP contribution is 2.24. The van der Waals surface area contributed by atoms with Crippen molar-refractivity contribution in [2.45, 2.75) is 26.3 Å². The van der Waals surface area contributed by atoms with Crippen LogP contribution >= 0.6 is 0 Å². The van der Waals surface area contributed by atoms with Crippen molar-refractivity contribution < 1.29 is 14.1 Å². The lowest BCUT2D eigenvalue weighted by atomic mass is 9.94. The molecule has 1 aliphatic heterocycles. The summed E-state index contributed by atoms with van der Waals surface area (Å²) in [5.74, 6) is -0.250. The van der Waals surface area contributed by atoms with E-state index in [2.05, 4.69) is 0 Å². The number of nitrogens with zero attached hydrogens (tertiary/aromatic N) is 2. The smallest absolute Gasteiger partial charge is 0.274 e. The predicted octanol–water partition coefficient (Wildman–Crippen LogP) is 2.53. The zero-order valence-electron chi connectivity index (χ0n) is 11.3. The molecule has 1 heterocycles. The van der Waals surface area contributed by atoms with Gasteiger partial charge < -0.3 is 0 Å². The molecule has 1 aromatic rings. The van der Waals surface area contributed by atoms with E-state index in [1.165, 1.54) is 12.1 Å². The van der Waals surface area contributed by atoms with Gasteiger partial charge in [0.2, 0.25) is 0 Å². The van der Waals surface area contributed by atoms with Gasteiger partial charge in [0, 0.05) is 43.6 Å². The second-order valence-electron chi connectivity index (χ2n) is 5.09. The van der Waals surface area contributed by atoms with Crippen LogP contribution in [0.1, 0.15) is 25.3 Å². The first-order valence-electron chi connectivity index (χ1n) is 6.69. The number of rotatable bonds is 4. The molecule has 1 saturated heterocycles. The molecule has 0 aromatic heterocycles. The predicted molar refractivity (Wildman–Crippen MR) is 71.7 cm³/mol. The van der Waals surface area contributed by atoms with E-state index in [0.29, 0.717) is 31.6 Å². The fraction of sp³-hybridized carbons (Fsp3) is 0.500. The second-order valence-corrected chi connectivity index (χ2v) is 5.09. The van der Waals surface area contributed by atoms with Gasteiger partial charge in [-0.25, -0.2) is 4.39 Å². The summed E-state index contributed by atoms with van der Waals surface area (Å²) in [5, 5.41) is 11.0. The molecular weight excluding hydrogens is 263 g/mol. The number of piperidine rings is 1. The van der Waals surface area contributed by atoms with Gasteiger partial charge in [0.05, 0.1) is 4.92 Å². The van der Waals surface area contributed by atoms with E-state index in [1.54, 1.807) is 0 Å². The molecule has 6 heteroatoms. The number of nitro benzene ring substituents is 1. The number of carbonyl (C=O) groups is 1. The monoisotopic (exact) mass is 280 g/mol. The normalized spacial score (nSPS) is 20.1. The molecule has 5 nitrogen and oxygen atoms in total. The number of carbonyl (C=O) groups excluding carboxylic acids is 1. The van der Waals surface area contributed by atoms with Crippen molar-refractivity contribution in [1.82, 2.24) is 4.90 Å². The van der Waals surface area contributed by atoms with Gasteiger partial charge >= 0.3 is 0 Å². The van der Waals surface area contributed by atoms with E-state index in [1.807, 2.05) is 11.8 Å². The summed E-state index contributed by atoms with van der Waals surface area (Å²) in [6.07, 6.45) is 1.22. The number of hydrogen-bond donors (Lipinski definition) is 0. The third-order valence-corrected chi connectivity index (χ3v) is 3.73. The molecular formula is C14H17FN2O3. The summed E-state index contributed by atoms with van der Waals surface area (Å²) in [6.45, 7) is 3.42. The van der Waals surface area contributed by atoms with Crippen LogP contribution in [0.5, 0.6) is 0 Å². The fourth-order valence-electron chi connectivity index (χ4n) is 2.58. The van der Waals surface area contributed by atoms with E-state index in [0.717, 1.165) is 12.5 Å². The van der Waals surface area contributed by atoms with Crippen LogP contribution in [0.3, 0.4) is 0 Å². The maximum atomic E-state index is 13.3. The van der Waals surface area contributed by atoms with E-state index in [9.17, 15) is 19.3 Å². The molecule has 1 fully saturated rings. The van der Waals surface area contributed by atoms with Gasteiger partial charge in [-0.3, -0.25) is 19.8 Å². The summed E-state index contributed by atoms with van der Waals surface area (Å²) in [5.41, 5.74) is 0.288. The molecule has 2 rings (SSSR count). The van der Waals surface area contributed by atoms with Gasteiger partial charge in [0.25, 0.3) is 5.69 Å². The molecule has 1 atom stereocenters. The van der Waals surface area contributed by atoms with Crippen LogP contribution in [-0.4, -0.2) is 28.7 Å². The number of nitro groups is 1. The lowest BCUT2D eigenvalue weighted by Gasteiger charge is -2.31. The van der Waals surface area contributed by atoms with Gasteiger partial charge in [-0.15, -0.1) is 0 Å². The zero-order chi connectivity index (χ0) is 14.7. The Labute approximate surface area is 116 Å². The Morgan fingerprint density at radius 2 is 2.25 bits per heavy atom. The zero-order valence-corrected chi connectivity index (χ0v) is 11.3. The molecule has 1 aliphatic rings. The standard InChI is InChI=1S/C14H17FN2O3/c1-2-10-8-16(6-5-14(10)18)9-11-7-12(15)3-4-13(11)17(19)20/h3-4,7,10H,2,5-6,8-9H2,1H3. The van der Waals surface area contributed by atoms with Gasteiger partial charge in [-0.05, 0) is 18.6 Å². The largest absolute Gasteiger partial charge is 0.299 e. The molecule has 0 amide bonds. The summed E-state index contributed by atoms with van der Waals surface area (Å²) in [7, 11) is 0. The minimum Gasteiger partial charge on any atom is -0.299 e. The summed E-state index contributed by atoms with van der Waals surface area (Å²) < 4.78 is 13.3. The Morgan fingerprint density at radius 1 is 1.50 bits per heavy atom. The van der Waals surface area contributed by atoms with E-state index in [4.69, 9.17) is 0 Å². The highest BCUT2D eigenvalue weighted by Gasteiger charge is 2.27. The Bertz CT molecular complexity index is 533. The molecule has 1 aromatic carbocycles. The molecule has 108 valence electrons. The van der Waals surface area contributed by atoms with Gasteiger partial charge in [0.15, 0.2) is 0 Å². The second kappa shape index (κ2) is 6.09. The summed E-state index contributed by atoms with van der Waals surface area (Å²) >= 11 is 0.